The molecule has 22 heavy (non-hydrogen) atoms. The van der Waals surface area contributed by atoms with Gasteiger partial charge in [0.2, 0.25) is 0 Å². The van der Waals surface area contributed by atoms with Crippen molar-refractivity contribution in [2.24, 2.45) is 0 Å². The minimum atomic E-state index is -1.03. The van der Waals surface area contributed by atoms with Crippen LogP contribution in [0.4, 0.5) is 20.3 Å². The van der Waals surface area contributed by atoms with Crippen LogP contribution in [0.25, 0.3) is 10.8 Å². The third kappa shape index (κ3) is 2.58. The van der Waals surface area contributed by atoms with Gasteiger partial charge in [-0.2, -0.15) is 0 Å². The predicted molar refractivity (Wildman–Crippen MR) is 78.3 cm³/mol. The SMILES string of the molecule is O=C(O)c1ccc(Nc2nccc3cc(F)cc(F)c23)cc1. The monoisotopic (exact) mass is 300 g/mol. The Bertz CT molecular complexity index is 864. The van der Waals surface area contributed by atoms with Gasteiger partial charge in [0.05, 0.1) is 10.9 Å². The van der Waals surface area contributed by atoms with Gasteiger partial charge in [-0.05, 0) is 41.8 Å². The molecule has 0 bridgehead atoms. The van der Waals surface area contributed by atoms with Crippen molar-refractivity contribution in [3.63, 3.8) is 0 Å². The molecule has 3 rings (SSSR count). The van der Waals surface area contributed by atoms with E-state index in [1.165, 1.54) is 30.5 Å². The first-order valence-corrected chi connectivity index (χ1v) is 6.39. The van der Waals surface area contributed by atoms with Crippen LogP contribution in [-0.4, -0.2) is 16.1 Å². The van der Waals surface area contributed by atoms with Crippen LogP contribution in [0.2, 0.25) is 0 Å². The normalized spacial score (nSPS) is 10.6. The number of pyridine rings is 1. The zero-order valence-electron chi connectivity index (χ0n) is 11.2. The average Bonchev–Trinajstić information content (AvgIpc) is 2.47. The number of fused-ring (bicyclic) bond motifs is 1. The van der Waals surface area contributed by atoms with Crippen LogP contribution in [0, 0.1) is 11.6 Å². The van der Waals surface area contributed by atoms with Crippen molar-refractivity contribution in [3.8, 4) is 0 Å². The third-order valence-corrected chi connectivity index (χ3v) is 3.17. The van der Waals surface area contributed by atoms with E-state index in [-0.39, 0.29) is 16.8 Å². The molecule has 2 aromatic carbocycles. The number of nitrogens with one attached hydrogen (secondary N) is 1. The van der Waals surface area contributed by atoms with E-state index in [2.05, 4.69) is 10.3 Å². The number of benzene rings is 2. The second kappa shape index (κ2) is 5.40. The number of carboxylic acid groups (broad SMARTS) is 1. The number of hydrogen-bond donors (Lipinski definition) is 2. The van der Waals surface area contributed by atoms with Crippen molar-refractivity contribution in [2.45, 2.75) is 0 Å². The fourth-order valence-corrected chi connectivity index (χ4v) is 2.16. The number of hydrogen-bond acceptors (Lipinski definition) is 3. The van der Waals surface area contributed by atoms with Gasteiger partial charge in [-0.1, -0.05) is 0 Å². The molecule has 4 nitrogen and oxygen atoms in total. The van der Waals surface area contributed by atoms with Crippen LogP contribution in [0.1, 0.15) is 10.4 Å². The quantitative estimate of drug-likeness (QED) is 0.768. The van der Waals surface area contributed by atoms with Gasteiger partial charge in [-0.15, -0.1) is 0 Å². The molecule has 0 fully saturated rings. The summed E-state index contributed by atoms with van der Waals surface area (Å²) < 4.78 is 27.2. The molecule has 1 aromatic heterocycles. The molecule has 0 spiro atoms. The molecule has 0 amide bonds. The highest BCUT2D eigenvalue weighted by atomic mass is 19.1. The minimum Gasteiger partial charge on any atom is -0.478 e. The van der Waals surface area contributed by atoms with Crippen molar-refractivity contribution >= 4 is 28.2 Å². The molecule has 0 radical (unpaired) electrons. The molecule has 2 N–H and O–H groups in total. The maximum atomic E-state index is 14.0. The highest BCUT2D eigenvalue weighted by Gasteiger charge is 2.10. The van der Waals surface area contributed by atoms with Gasteiger partial charge in [-0.25, -0.2) is 18.6 Å². The summed E-state index contributed by atoms with van der Waals surface area (Å²) in [6, 6.07) is 9.47. The Hall–Kier alpha value is -3.02. The Kier molecular flexibility index (Phi) is 3.42. The molecular weight excluding hydrogens is 290 g/mol. The first-order chi connectivity index (χ1) is 10.5. The molecule has 0 saturated heterocycles. The summed E-state index contributed by atoms with van der Waals surface area (Å²) in [7, 11) is 0. The van der Waals surface area contributed by atoms with Gasteiger partial charge in [0.25, 0.3) is 0 Å². The molecule has 0 aliphatic rings. The smallest absolute Gasteiger partial charge is 0.335 e. The Morgan fingerprint density at radius 2 is 1.82 bits per heavy atom. The van der Waals surface area contributed by atoms with Gasteiger partial charge >= 0.3 is 5.97 Å². The topological polar surface area (TPSA) is 62.2 Å². The van der Waals surface area contributed by atoms with Crippen LogP contribution in [-0.2, 0) is 0 Å². The number of nitrogens with zero attached hydrogens (tertiary/aromatic N) is 1. The van der Waals surface area contributed by atoms with Gasteiger partial charge in [0, 0.05) is 18.0 Å². The maximum Gasteiger partial charge on any atom is 0.335 e. The second-order valence-electron chi connectivity index (χ2n) is 4.65. The van der Waals surface area contributed by atoms with Gasteiger partial charge in [0.15, 0.2) is 0 Å². The first-order valence-electron chi connectivity index (χ1n) is 6.39. The Morgan fingerprint density at radius 3 is 2.50 bits per heavy atom. The van der Waals surface area contributed by atoms with Crippen molar-refractivity contribution in [3.05, 3.63) is 65.9 Å². The summed E-state index contributed by atoms with van der Waals surface area (Å²) in [5.74, 6) is -2.17. The summed E-state index contributed by atoms with van der Waals surface area (Å²) in [4.78, 5) is 14.9. The van der Waals surface area contributed by atoms with Crippen LogP contribution in [0.15, 0.2) is 48.7 Å². The zero-order chi connectivity index (χ0) is 15.7. The molecule has 0 saturated carbocycles. The molecule has 3 aromatic rings. The Morgan fingerprint density at radius 1 is 1.09 bits per heavy atom. The lowest BCUT2D eigenvalue weighted by molar-refractivity contribution is 0.0697. The lowest BCUT2D eigenvalue weighted by atomic mass is 10.1. The van der Waals surface area contributed by atoms with Crippen LogP contribution >= 0.6 is 0 Å². The van der Waals surface area contributed by atoms with E-state index in [1.54, 1.807) is 12.1 Å². The number of aromatic nitrogens is 1. The number of aromatic carboxylic acids is 1. The summed E-state index contributed by atoms with van der Waals surface area (Å²) in [5, 5.41) is 12.3. The predicted octanol–water partition coefficient (Wildman–Crippen LogP) is 3.95. The standard InChI is InChI=1S/C16H10F2N2O2/c17-11-7-10-5-6-19-15(14(10)13(18)8-11)20-12-3-1-9(2-4-12)16(21)22/h1-8H,(H,19,20)(H,21,22). The lowest BCUT2D eigenvalue weighted by Crippen LogP contribution is -1.99. The Labute approximate surface area is 124 Å². The minimum absolute atomic E-state index is 0.143. The maximum absolute atomic E-state index is 14.0. The molecule has 110 valence electrons. The zero-order valence-corrected chi connectivity index (χ0v) is 11.2. The summed E-state index contributed by atoms with van der Waals surface area (Å²) in [6.45, 7) is 0. The van der Waals surface area contributed by atoms with E-state index < -0.39 is 17.6 Å². The largest absolute Gasteiger partial charge is 0.478 e. The molecule has 0 unspecified atom stereocenters. The van der Waals surface area contributed by atoms with Crippen molar-refractivity contribution in [1.82, 2.24) is 4.98 Å². The molecule has 0 aliphatic heterocycles. The van der Waals surface area contributed by atoms with E-state index >= 15 is 0 Å². The van der Waals surface area contributed by atoms with Crippen molar-refractivity contribution in [2.75, 3.05) is 5.32 Å². The Balaban J connectivity index is 2.02. The molecule has 0 atom stereocenters. The highest BCUT2D eigenvalue weighted by Crippen LogP contribution is 2.27. The number of carboxylic acids is 1. The fourth-order valence-electron chi connectivity index (χ4n) is 2.16. The number of halogens is 2. The molecule has 0 aliphatic carbocycles. The van der Waals surface area contributed by atoms with Crippen LogP contribution in [0.3, 0.4) is 0 Å². The summed E-state index contributed by atoms with van der Waals surface area (Å²) in [6.07, 6.45) is 1.44. The first kappa shape index (κ1) is 13.9. The van der Waals surface area contributed by atoms with E-state index in [0.717, 1.165) is 6.07 Å². The van der Waals surface area contributed by atoms with E-state index in [1.807, 2.05) is 0 Å². The third-order valence-electron chi connectivity index (χ3n) is 3.17. The van der Waals surface area contributed by atoms with Crippen molar-refractivity contribution in [1.29, 1.82) is 0 Å². The van der Waals surface area contributed by atoms with E-state index in [0.29, 0.717) is 11.1 Å². The average molecular weight is 300 g/mol. The lowest BCUT2D eigenvalue weighted by Gasteiger charge is -2.10. The molecular formula is C16H10F2N2O2. The number of rotatable bonds is 3. The number of anilines is 2. The van der Waals surface area contributed by atoms with Crippen molar-refractivity contribution < 1.29 is 18.7 Å². The van der Waals surface area contributed by atoms with Crippen LogP contribution < -0.4 is 5.32 Å². The fraction of sp³-hybridized carbons (Fsp3) is 0. The second-order valence-corrected chi connectivity index (χ2v) is 4.65. The van der Waals surface area contributed by atoms with E-state index in [9.17, 15) is 13.6 Å². The molecule has 6 heteroatoms. The number of carbonyl (C=O) groups is 1. The van der Waals surface area contributed by atoms with E-state index in [4.69, 9.17) is 5.11 Å². The highest BCUT2D eigenvalue weighted by molar-refractivity contribution is 5.94. The summed E-state index contributed by atoms with van der Waals surface area (Å²) in [5.41, 5.74) is 0.693. The van der Waals surface area contributed by atoms with Crippen LogP contribution in [0.5, 0.6) is 0 Å². The van der Waals surface area contributed by atoms with Gasteiger partial charge in [0.1, 0.15) is 17.5 Å². The molecule has 1 heterocycles. The summed E-state index contributed by atoms with van der Waals surface area (Å²) >= 11 is 0. The van der Waals surface area contributed by atoms with Gasteiger partial charge < -0.3 is 10.4 Å². The van der Waals surface area contributed by atoms with Gasteiger partial charge in [-0.3, -0.25) is 0 Å².